The van der Waals surface area contributed by atoms with Gasteiger partial charge in [-0.1, -0.05) is 59.5 Å². The van der Waals surface area contributed by atoms with Crippen LogP contribution in [0.15, 0.2) is 23.5 Å². The van der Waals surface area contributed by atoms with Gasteiger partial charge in [0, 0.05) is 12.3 Å². The summed E-state index contributed by atoms with van der Waals surface area (Å²) in [5.74, 6) is -1.35. The highest BCUT2D eigenvalue weighted by atomic mass is 16.5. The minimum Gasteiger partial charge on any atom is -0.481 e. The molecule has 0 aromatic rings. The van der Waals surface area contributed by atoms with Crippen molar-refractivity contribution in [2.45, 2.75) is 98.0 Å². The number of carbonyl (C=O) groups is 3. The number of fused-ring (bicyclic) bond motifs is 2. The number of hydrogen-bond donors (Lipinski definition) is 2. The molecule has 3 rings (SSSR count). The molecule has 0 amide bonds. The molecule has 3 aliphatic carbocycles. The number of esters is 1. The van der Waals surface area contributed by atoms with Crippen LogP contribution in [-0.4, -0.2) is 34.0 Å². The first-order chi connectivity index (χ1) is 15.5. The van der Waals surface area contributed by atoms with Crippen molar-refractivity contribution in [3.8, 4) is 0 Å². The molecule has 0 spiro atoms. The van der Waals surface area contributed by atoms with Crippen molar-refractivity contribution in [2.75, 3.05) is 0 Å². The van der Waals surface area contributed by atoms with Gasteiger partial charge in [0.1, 0.15) is 11.5 Å². The third-order valence-corrected chi connectivity index (χ3v) is 8.46. The van der Waals surface area contributed by atoms with E-state index in [4.69, 9.17) is 9.84 Å². The van der Waals surface area contributed by atoms with Crippen molar-refractivity contribution < 1.29 is 29.3 Å². The summed E-state index contributed by atoms with van der Waals surface area (Å²) in [5, 5.41) is 20.3. The maximum absolute atomic E-state index is 12.6. The molecule has 33 heavy (non-hydrogen) atoms. The Morgan fingerprint density at radius 1 is 1.21 bits per heavy atom. The molecule has 0 saturated heterocycles. The predicted molar refractivity (Wildman–Crippen MR) is 125 cm³/mol. The van der Waals surface area contributed by atoms with E-state index in [1.165, 1.54) is 12.8 Å². The van der Waals surface area contributed by atoms with E-state index >= 15 is 0 Å². The number of ketones is 1. The number of hydrogen-bond acceptors (Lipinski definition) is 5. The van der Waals surface area contributed by atoms with Crippen LogP contribution in [0.5, 0.6) is 0 Å². The number of allylic oxidation sites excluding steroid dienone is 2. The van der Waals surface area contributed by atoms with Crippen molar-refractivity contribution >= 4 is 17.7 Å². The highest BCUT2D eigenvalue weighted by Crippen LogP contribution is 2.64. The first-order valence-corrected chi connectivity index (χ1v) is 12.6. The van der Waals surface area contributed by atoms with Gasteiger partial charge >= 0.3 is 11.9 Å². The van der Waals surface area contributed by atoms with Gasteiger partial charge in [0.2, 0.25) is 0 Å². The topological polar surface area (TPSA) is 101 Å². The van der Waals surface area contributed by atoms with Gasteiger partial charge in [-0.05, 0) is 47.7 Å². The van der Waals surface area contributed by atoms with Gasteiger partial charge in [-0.2, -0.15) is 0 Å². The van der Waals surface area contributed by atoms with E-state index in [0.29, 0.717) is 18.1 Å². The zero-order chi connectivity index (χ0) is 24.4. The van der Waals surface area contributed by atoms with Crippen LogP contribution in [-0.2, 0) is 19.1 Å². The van der Waals surface area contributed by atoms with Crippen LogP contribution in [0.2, 0.25) is 0 Å². The zero-order valence-corrected chi connectivity index (χ0v) is 20.6. The van der Waals surface area contributed by atoms with E-state index in [-0.39, 0.29) is 30.0 Å². The van der Waals surface area contributed by atoms with Crippen molar-refractivity contribution in [1.82, 2.24) is 0 Å². The van der Waals surface area contributed by atoms with Crippen LogP contribution in [0.1, 0.15) is 91.9 Å². The Kier molecular flexibility index (Phi) is 7.87. The second kappa shape index (κ2) is 10.1. The Morgan fingerprint density at radius 3 is 2.55 bits per heavy atom. The van der Waals surface area contributed by atoms with Gasteiger partial charge in [0.05, 0.1) is 24.9 Å². The quantitative estimate of drug-likeness (QED) is 0.325. The summed E-state index contributed by atoms with van der Waals surface area (Å²) in [6.45, 7) is 8.51. The lowest BCUT2D eigenvalue weighted by Gasteiger charge is -2.61. The van der Waals surface area contributed by atoms with Gasteiger partial charge in [-0.25, -0.2) is 0 Å². The second-order valence-corrected chi connectivity index (χ2v) is 11.1. The largest absolute Gasteiger partial charge is 0.481 e. The molecular weight excluding hydrogens is 420 g/mol. The average molecular weight is 461 g/mol. The minimum atomic E-state index is -1.05. The Balaban J connectivity index is 1.87. The summed E-state index contributed by atoms with van der Waals surface area (Å²) in [6, 6.07) is 0. The molecule has 6 heteroatoms. The van der Waals surface area contributed by atoms with E-state index in [1.807, 2.05) is 19.1 Å². The first kappa shape index (κ1) is 25.7. The lowest BCUT2D eigenvalue weighted by molar-refractivity contribution is -0.171. The lowest BCUT2D eigenvalue weighted by atomic mass is 9.42. The molecule has 0 heterocycles. The number of carboxylic acid groups (broad SMARTS) is 1. The monoisotopic (exact) mass is 460 g/mol. The molecule has 2 saturated carbocycles. The summed E-state index contributed by atoms with van der Waals surface area (Å²) in [4.78, 5) is 36.0. The molecule has 0 aliphatic heterocycles. The normalized spacial score (nSPS) is 31.4. The Hall–Kier alpha value is -1.95. The maximum atomic E-state index is 12.6. The first-order valence-electron chi connectivity index (χ1n) is 12.6. The third kappa shape index (κ3) is 5.26. The van der Waals surface area contributed by atoms with Crippen LogP contribution in [0.4, 0.5) is 0 Å². The van der Waals surface area contributed by atoms with Crippen LogP contribution >= 0.6 is 0 Å². The number of aliphatic hydroxyl groups excluding tert-OH is 1. The number of aliphatic carboxylic acids is 1. The number of unbranched alkanes of at least 4 members (excludes halogenated alkanes) is 3. The molecule has 2 N–H and O–H groups in total. The lowest BCUT2D eigenvalue weighted by Crippen LogP contribution is -2.61. The highest BCUT2D eigenvalue weighted by molar-refractivity contribution is 5.85. The number of rotatable bonds is 11. The summed E-state index contributed by atoms with van der Waals surface area (Å²) >= 11 is 0. The van der Waals surface area contributed by atoms with E-state index in [1.54, 1.807) is 0 Å². The Morgan fingerprint density at radius 2 is 1.94 bits per heavy atom. The fourth-order valence-electron chi connectivity index (χ4n) is 6.24. The van der Waals surface area contributed by atoms with Crippen LogP contribution in [0, 0.1) is 28.6 Å². The predicted octanol–water partition coefficient (Wildman–Crippen LogP) is 5.20. The fraction of sp³-hybridized carbons (Fsp3) is 0.741. The van der Waals surface area contributed by atoms with Crippen LogP contribution in [0.25, 0.3) is 0 Å². The Bertz CT molecular complexity index is 836. The van der Waals surface area contributed by atoms with Crippen molar-refractivity contribution in [3.63, 3.8) is 0 Å². The molecule has 2 fully saturated rings. The minimum absolute atomic E-state index is 0.131. The maximum Gasteiger partial charge on any atom is 0.311 e. The Labute approximate surface area is 197 Å². The molecule has 0 aromatic heterocycles. The van der Waals surface area contributed by atoms with E-state index < -0.39 is 29.4 Å². The van der Waals surface area contributed by atoms with Crippen LogP contribution in [0.3, 0.4) is 0 Å². The van der Waals surface area contributed by atoms with Crippen LogP contribution < -0.4 is 0 Å². The van der Waals surface area contributed by atoms with Gasteiger partial charge in [0.15, 0.2) is 0 Å². The summed E-state index contributed by atoms with van der Waals surface area (Å²) in [7, 11) is 0. The molecule has 0 radical (unpaired) electrons. The molecule has 184 valence electrons. The SMILES string of the molecule is CCCCCCC(C)(C)C1=CC(O)C([C@@]2(C)C3CCC(=O)C2C3)C(OC(=O)CCC(=O)O)=C1. The molecule has 4 unspecified atom stereocenters. The number of Topliss-reactive ketones (excluding diaryl/α,β-unsaturated/α-hetero) is 1. The number of carboxylic acids is 1. The van der Waals surface area contributed by atoms with E-state index in [0.717, 1.165) is 37.7 Å². The highest BCUT2D eigenvalue weighted by Gasteiger charge is 2.63. The second-order valence-electron chi connectivity index (χ2n) is 11.1. The molecule has 2 bridgehead atoms. The molecule has 5 atom stereocenters. The number of aliphatic hydroxyl groups is 1. The summed E-state index contributed by atoms with van der Waals surface area (Å²) in [6.07, 6.45) is 10.2. The molecule has 3 aliphatic rings. The van der Waals surface area contributed by atoms with Gasteiger partial charge in [-0.3, -0.25) is 14.4 Å². The molecular formula is C27H40O6. The average Bonchev–Trinajstić information content (AvgIpc) is 2.74. The summed E-state index contributed by atoms with van der Waals surface area (Å²) < 4.78 is 5.76. The van der Waals surface area contributed by atoms with Crippen molar-refractivity contribution in [2.24, 2.45) is 28.6 Å². The van der Waals surface area contributed by atoms with Crippen molar-refractivity contribution in [3.05, 3.63) is 23.5 Å². The van der Waals surface area contributed by atoms with Gasteiger partial charge < -0.3 is 14.9 Å². The number of ether oxygens (including phenoxy) is 1. The van der Waals surface area contributed by atoms with Gasteiger partial charge in [0.25, 0.3) is 0 Å². The van der Waals surface area contributed by atoms with Crippen molar-refractivity contribution in [1.29, 1.82) is 0 Å². The number of carbonyl (C=O) groups excluding carboxylic acids is 2. The van der Waals surface area contributed by atoms with E-state index in [2.05, 4.69) is 20.8 Å². The smallest absolute Gasteiger partial charge is 0.311 e. The van der Waals surface area contributed by atoms with E-state index in [9.17, 15) is 19.5 Å². The standard InChI is InChI=1S/C27H40O6/c1-5-6-7-8-13-26(2,3)18-15-21(29)25(22(16-18)33-24(32)12-11-23(30)31)27(4)17-9-10-20(28)19(27)14-17/h15-17,19,21,25,29H,5-14H2,1-4H3,(H,30,31)/t17?,19?,21?,25?,27-/m0/s1. The molecule has 6 nitrogen and oxygen atoms in total. The fourth-order valence-corrected chi connectivity index (χ4v) is 6.24. The third-order valence-electron chi connectivity index (χ3n) is 8.46. The summed E-state index contributed by atoms with van der Waals surface area (Å²) in [5.41, 5.74) is 0.272. The van der Waals surface area contributed by atoms with Gasteiger partial charge in [-0.15, -0.1) is 0 Å². The molecule has 0 aromatic carbocycles. The zero-order valence-electron chi connectivity index (χ0n) is 20.6.